The first kappa shape index (κ1) is 21.6. The van der Waals surface area contributed by atoms with Crippen LogP contribution in [0.2, 0.25) is 0 Å². The Morgan fingerprint density at radius 2 is 1.78 bits per heavy atom. The van der Waals surface area contributed by atoms with E-state index < -0.39 is 12.1 Å². The molecule has 3 aliphatic rings. The van der Waals surface area contributed by atoms with Gasteiger partial charge in [-0.3, -0.25) is 9.69 Å². The number of carbonyl (C=O) groups excluding carboxylic acids is 1. The number of alkyl halides is 3. The Hall–Kier alpha value is -1.65. The molecule has 3 atom stereocenters. The van der Waals surface area contributed by atoms with Crippen molar-refractivity contribution in [1.82, 2.24) is 9.80 Å². The van der Waals surface area contributed by atoms with Gasteiger partial charge in [-0.1, -0.05) is 6.08 Å². The molecule has 0 aromatic heterocycles. The highest BCUT2D eigenvalue weighted by Crippen LogP contribution is 2.32. The van der Waals surface area contributed by atoms with Crippen molar-refractivity contribution in [3.8, 4) is 0 Å². The maximum atomic E-state index is 12.5. The number of carboxylic acids is 1. The van der Waals surface area contributed by atoms with Crippen LogP contribution in [0, 0.1) is 0 Å². The molecule has 1 amide bonds. The van der Waals surface area contributed by atoms with Crippen LogP contribution in [-0.4, -0.2) is 90.6 Å². The highest BCUT2D eigenvalue weighted by Gasteiger charge is 2.42. The quantitative estimate of drug-likeness (QED) is 0.727. The minimum absolute atomic E-state index is 0.161. The van der Waals surface area contributed by atoms with Crippen molar-refractivity contribution in [2.45, 2.75) is 43.7 Å². The lowest BCUT2D eigenvalue weighted by atomic mass is 9.98. The number of halogens is 3. The van der Waals surface area contributed by atoms with E-state index in [1.165, 1.54) is 0 Å². The van der Waals surface area contributed by atoms with Crippen LogP contribution in [0.3, 0.4) is 0 Å². The number of aliphatic carboxylic acids is 1. The lowest BCUT2D eigenvalue weighted by Gasteiger charge is -2.37. The topological polar surface area (TPSA) is 79.3 Å². The van der Waals surface area contributed by atoms with Crippen molar-refractivity contribution in [3.63, 3.8) is 0 Å². The molecule has 154 valence electrons. The van der Waals surface area contributed by atoms with Gasteiger partial charge in [0.15, 0.2) is 0 Å². The molecule has 0 aromatic rings. The van der Waals surface area contributed by atoms with Crippen LogP contribution >= 0.6 is 0 Å². The summed E-state index contributed by atoms with van der Waals surface area (Å²) in [5, 5.41) is 7.12. The molecule has 0 spiro atoms. The molecule has 3 aliphatic heterocycles. The Bertz CT molecular complexity index is 537. The number of fused-ring (bicyclic) bond motifs is 1. The predicted molar refractivity (Wildman–Crippen MR) is 89.2 cm³/mol. The van der Waals surface area contributed by atoms with Gasteiger partial charge in [-0.2, -0.15) is 13.2 Å². The van der Waals surface area contributed by atoms with Crippen molar-refractivity contribution in [2.75, 3.05) is 39.4 Å². The zero-order valence-electron chi connectivity index (χ0n) is 15.0. The first-order valence-corrected chi connectivity index (χ1v) is 8.91. The largest absolute Gasteiger partial charge is 0.490 e. The second-order valence-corrected chi connectivity index (χ2v) is 6.62. The molecule has 3 fully saturated rings. The van der Waals surface area contributed by atoms with E-state index in [0.29, 0.717) is 32.3 Å². The monoisotopic (exact) mass is 394 g/mol. The molecule has 0 bridgehead atoms. The number of likely N-dealkylation sites (tertiary alicyclic amines) is 1. The second kappa shape index (κ2) is 9.52. The van der Waals surface area contributed by atoms with Gasteiger partial charge in [0.05, 0.1) is 19.3 Å². The number of hydrogen-bond donors (Lipinski definition) is 1. The standard InChI is InChI=1S/C15H24N2O3.C2HF3O2/c1-2-6-16-7-5-13-12(16)3-4-14(20-13)15(18)17-8-10-19-11-9-17;3-2(4,5)1(6)7/h2,12-14H,1,3-11H2;(H,6,7)/t12-,13-,14-;/m1./s1. The summed E-state index contributed by atoms with van der Waals surface area (Å²) in [5.41, 5.74) is 0. The molecule has 0 radical (unpaired) electrons. The lowest BCUT2D eigenvalue weighted by Crippen LogP contribution is -2.51. The van der Waals surface area contributed by atoms with Crippen molar-refractivity contribution in [1.29, 1.82) is 0 Å². The number of carbonyl (C=O) groups is 2. The summed E-state index contributed by atoms with van der Waals surface area (Å²) in [4.78, 5) is 25.7. The number of rotatable bonds is 3. The van der Waals surface area contributed by atoms with E-state index in [0.717, 1.165) is 32.4 Å². The molecule has 3 saturated heterocycles. The van der Waals surface area contributed by atoms with Crippen LogP contribution < -0.4 is 0 Å². The zero-order valence-corrected chi connectivity index (χ0v) is 15.0. The number of hydrogen-bond acceptors (Lipinski definition) is 5. The highest BCUT2D eigenvalue weighted by atomic mass is 19.4. The molecule has 7 nitrogen and oxygen atoms in total. The first-order chi connectivity index (χ1) is 12.7. The Morgan fingerprint density at radius 1 is 1.15 bits per heavy atom. The Kier molecular flexibility index (Phi) is 7.63. The molecule has 0 aliphatic carbocycles. The number of nitrogens with zero attached hydrogens (tertiary/aromatic N) is 2. The van der Waals surface area contributed by atoms with Crippen LogP contribution in [0.15, 0.2) is 12.7 Å². The van der Waals surface area contributed by atoms with E-state index in [9.17, 15) is 18.0 Å². The fourth-order valence-corrected chi connectivity index (χ4v) is 3.58. The van der Waals surface area contributed by atoms with Gasteiger partial charge in [0.25, 0.3) is 5.91 Å². The molecule has 0 saturated carbocycles. The number of ether oxygens (including phenoxy) is 2. The highest BCUT2D eigenvalue weighted by molar-refractivity contribution is 5.81. The van der Waals surface area contributed by atoms with Gasteiger partial charge >= 0.3 is 12.1 Å². The maximum Gasteiger partial charge on any atom is 0.490 e. The molecule has 1 N–H and O–H groups in total. The van der Waals surface area contributed by atoms with E-state index >= 15 is 0 Å². The predicted octanol–water partition coefficient (Wildman–Crippen LogP) is 1.29. The second-order valence-electron chi connectivity index (χ2n) is 6.62. The van der Waals surface area contributed by atoms with Crippen molar-refractivity contribution >= 4 is 11.9 Å². The summed E-state index contributed by atoms with van der Waals surface area (Å²) < 4.78 is 43.1. The van der Waals surface area contributed by atoms with Gasteiger partial charge < -0.3 is 19.5 Å². The fraction of sp³-hybridized carbons (Fsp3) is 0.765. The normalized spacial score (nSPS) is 28.7. The van der Waals surface area contributed by atoms with E-state index in [-0.39, 0.29) is 18.1 Å². The summed E-state index contributed by atoms with van der Waals surface area (Å²) >= 11 is 0. The van der Waals surface area contributed by atoms with Crippen LogP contribution in [0.5, 0.6) is 0 Å². The lowest BCUT2D eigenvalue weighted by molar-refractivity contribution is -0.192. The molecule has 10 heteroatoms. The summed E-state index contributed by atoms with van der Waals surface area (Å²) in [6, 6.07) is 0.474. The average Bonchev–Trinajstić information content (AvgIpc) is 3.04. The van der Waals surface area contributed by atoms with Crippen LogP contribution in [0.1, 0.15) is 19.3 Å². The molecule has 0 aromatic carbocycles. The molecule has 27 heavy (non-hydrogen) atoms. The number of carboxylic acid groups (broad SMARTS) is 1. The van der Waals surface area contributed by atoms with E-state index in [1.54, 1.807) is 0 Å². The maximum absolute atomic E-state index is 12.5. The van der Waals surface area contributed by atoms with Gasteiger partial charge in [-0.25, -0.2) is 4.79 Å². The molecule has 3 rings (SSSR count). The summed E-state index contributed by atoms with van der Waals surface area (Å²) in [7, 11) is 0. The summed E-state index contributed by atoms with van der Waals surface area (Å²) in [6.07, 6.45) is -0.222. The first-order valence-electron chi connectivity index (χ1n) is 8.91. The zero-order chi connectivity index (χ0) is 20.0. The van der Waals surface area contributed by atoms with Gasteiger partial charge in [0.1, 0.15) is 6.10 Å². The Labute approximate surface area is 155 Å². The third-order valence-electron chi connectivity index (χ3n) is 4.87. The average molecular weight is 394 g/mol. The van der Waals surface area contributed by atoms with Crippen molar-refractivity contribution < 1.29 is 37.3 Å². The summed E-state index contributed by atoms with van der Waals surface area (Å²) in [5.74, 6) is -2.60. The minimum atomic E-state index is -5.08. The molecule has 0 unspecified atom stereocenters. The van der Waals surface area contributed by atoms with E-state index in [2.05, 4.69) is 11.5 Å². The molecular weight excluding hydrogens is 369 g/mol. The molecule has 3 heterocycles. The third-order valence-corrected chi connectivity index (χ3v) is 4.87. The van der Waals surface area contributed by atoms with Crippen LogP contribution in [0.4, 0.5) is 13.2 Å². The van der Waals surface area contributed by atoms with Crippen LogP contribution in [-0.2, 0) is 19.1 Å². The van der Waals surface area contributed by atoms with Crippen molar-refractivity contribution in [2.24, 2.45) is 0 Å². The third kappa shape index (κ3) is 5.91. The van der Waals surface area contributed by atoms with E-state index in [1.807, 2.05) is 11.0 Å². The fourth-order valence-electron chi connectivity index (χ4n) is 3.58. The Morgan fingerprint density at radius 3 is 2.33 bits per heavy atom. The minimum Gasteiger partial charge on any atom is -0.475 e. The number of morpholine rings is 1. The van der Waals surface area contributed by atoms with Crippen molar-refractivity contribution in [3.05, 3.63) is 12.7 Å². The van der Waals surface area contributed by atoms with Gasteiger partial charge in [0, 0.05) is 32.2 Å². The van der Waals surface area contributed by atoms with Gasteiger partial charge in [-0.05, 0) is 19.3 Å². The van der Waals surface area contributed by atoms with Gasteiger partial charge in [0.2, 0.25) is 0 Å². The van der Waals surface area contributed by atoms with Crippen LogP contribution in [0.25, 0.3) is 0 Å². The van der Waals surface area contributed by atoms with E-state index in [4.69, 9.17) is 19.4 Å². The van der Waals surface area contributed by atoms with Gasteiger partial charge in [-0.15, -0.1) is 6.58 Å². The summed E-state index contributed by atoms with van der Waals surface area (Å²) in [6.45, 7) is 8.50. The Balaban J connectivity index is 0.000000321. The SMILES string of the molecule is C=CCN1CC[C@H]2O[C@@H](C(=O)N3CCOCC3)CC[C@H]21.O=C(O)C(F)(F)F. The molecular formula is C17H25F3N2O5. The number of amides is 1. The smallest absolute Gasteiger partial charge is 0.475 e.